The van der Waals surface area contributed by atoms with Gasteiger partial charge in [0.1, 0.15) is 6.10 Å². The van der Waals surface area contributed by atoms with Crippen molar-refractivity contribution < 1.29 is 15.0 Å². The Kier molecular flexibility index (Phi) is 4.49. The molecule has 3 atom stereocenters. The van der Waals surface area contributed by atoms with E-state index in [0.29, 0.717) is 12.8 Å². The van der Waals surface area contributed by atoms with Crippen LogP contribution in [0.4, 0.5) is 0 Å². The lowest BCUT2D eigenvalue weighted by Crippen LogP contribution is -2.43. The van der Waals surface area contributed by atoms with Crippen LogP contribution in [-0.2, 0) is 11.8 Å². The summed E-state index contributed by atoms with van der Waals surface area (Å²) in [6, 6.07) is -0.326. The molecular formula is C15H23N3O3. The summed E-state index contributed by atoms with van der Waals surface area (Å²) >= 11 is 0. The fourth-order valence-corrected chi connectivity index (χ4v) is 2.83. The van der Waals surface area contributed by atoms with Crippen molar-refractivity contribution in [1.82, 2.24) is 14.7 Å². The maximum Gasteiger partial charge on any atom is 0.246 e. The van der Waals surface area contributed by atoms with E-state index in [1.165, 1.54) is 11.0 Å². The maximum absolute atomic E-state index is 12.2. The fraction of sp³-hybridized carbons (Fsp3) is 0.600. The zero-order valence-electron chi connectivity index (χ0n) is 12.9. The molecular weight excluding hydrogens is 270 g/mol. The Hall–Kier alpha value is -1.66. The number of aliphatic hydroxyl groups excluding tert-OH is 2. The number of aliphatic hydroxyl groups is 2. The topological polar surface area (TPSA) is 78.6 Å². The van der Waals surface area contributed by atoms with E-state index in [1.807, 2.05) is 20.9 Å². The van der Waals surface area contributed by atoms with Gasteiger partial charge in [0.2, 0.25) is 5.91 Å². The molecule has 21 heavy (non-hydrogen) atoms. The molecule has 0 aliphatic heterocycles. The number of aryl methyl sites for hydroxylation is 2. The van der Waals surface area contributed by atoms with Crippen LogP contribution in [0.25, 0.3) is 6.08 Å². The van der Waals surface area contributed by atoms with Crippen molar-refractivity contribution in [2.75, 3.05) is 7.05 Å². The normalized spacial score (nSPS) is 25.7. The summed E-state index contributed by atoms with van der Waals surface area (Å²) in [6.45, 7) is 3.85. The number of aromatic nitrogens is 2. The summed E-state index contributed by atoms with van der Waals surface area (Å²) in [5.74, 6) is -0.184. The number of carbonyl (C=O) groups excluding carboxylic acids is 1. The van der Waals surface area contributed by atoms with E-state index in [-0.39, 0.29) is 11.9 Å². The lowest BCUT2D eigenvalue weighted by Gasteiger charge is -2.26. The summed E-state index contributed by atoms with van der Waals surface area (Å²) in [5.41, 5.74) is 2.81. The third-order valence-electron chi connectivity index (χ3n) is 4.35. The van der Waals surface area contributed by atoms with Crippen molar-refractivity contribution in [2.45, 2.75) is 44.9 Å². The average Bonchev–Trinajstić information content (AvgIpc) is 2.88. The second kappa shape index (κ2) is 5.99. The van der Waals surface area contributed by atoms with E-state index in [9.17, 15) is 15.0 Å². The Bertz CT molecular complexity index is 565. The second-order valence-corrected chi connectivity index (χ2v) is 5.69. The van der Waals surface area contributed by atoms with Crippen molar-refractivity contribution in [3.05, 3.63) is 23.0 Å². The molecule has 0 aromatic carbocycles. The second-order valence-electron chi connectivity index (χ2n) is 5.69. The molecule has 1 aromatic rings. The van der Waals surface area contributed by atoms with Gasteiger partial charge in [-0.05, 0) is 32.8 Å². The van der Waals surface area contributed by atoms with Gasteiger partial charge in [0.25, 0.3) is 0 Å². The summed E-state index contributed by atoms with van der Waals surface area (Å²) in [4.78, 5) is 13.7. The lowest BCUT2D eigenvalue weighted by molar-refractivity contribution is -0.129. The Balaban J connectivity index is 2.09. The highest BCUT2D eigenvalue weighted by Crippen LogP contribution is 2.24. The standard InChI is InChI=1S/C15H23N3O3/c1-9-11(10(2)18(4)16-9)5-8-14(20)17(3)12-6-7-13(19)15(12)21/h5,8,12-13,15,19,21H,6-7H2,1-4H3/b8-5+/t12-,13-,15-/m1/s1. The minimum Gasteiger partial charge on any atom is -0.390 e. The summed E-state index contributed by atoms with van der Waals surface area (Å²) in [7, 11) is 3.52. The number of hydrogen-bond acceptors (Lipinski definition) is 4. The Labute approximate surface area is 124 Å². The Morgan fingerprint density at radius 2 is 2.05 bits per heavy atom. The van der Waals surface area contributed by atoms with Gasteiger partial charge in [0, 0.05) is 31.4 Å². The van der Waals surface area contributed by atoms with Gasteiger partial charge in [-0.2, -0.15) is 5.10 Å². The van der Waals surface area contributed by atoms with Gasteiger partial charge in [-0.1, -0.05) is 0 Å². The predicted octanol–water partition coefficient (Wildman–Crippen LogP) is 0.393. The molecule has 1 saturated carbocycles. The molecule has 1 aliphatic carbocycles. The molecule has 6 nitrogen and oxygen atoms in total. The first-order valence-electron chi connectivity index (χ1n) is 7.14. The molecule has 1 aromatic heterocycles. The quantitative estimate of drug-likeness (QED) is 0.790. The van der Waals surface area contributed by atoms with Crippen molar-refractivity contribution in [3.63, 3.8) is 0 Å². The number of carbonyl (C=O) groups is 1. The van der Waals surface area contributed by atoms with E-state index in [0.717, 1.165) is 17.0 Å². The lowest BCUT2D eigenvalue weighted by atomic mass is 10.1. The average molecular weight is 293 g/mol. The molecule has 1 fully saturated rings. The van der Waals surface area contributed by atoms with E-state index in [1.54, 1.807) is 17.8 Å². The number of hydrogen-bond donors (Lipinski definition) is 2. The smallest absolute Gasteiger partial charge is 0.246 e. The highest BCUT2D eigenvalue weighted by molar-refractivity contribution is 5.92. The highest BCUT2D eigenvalue weighted by atomic mass is 16.3. The Morgan fingerprint density at radius 3 is 2.52 bits per heavy atom. The first kappa shape index (κ1) is 15.7. The highest BCUT2D eigenvalue weighted by Gasteiger charge is 2.37. The molecule has 6 heteroatoms. The largest absolute Gasteiger partial charge is 0.390 e. The van der Waals surface area contributed by atoms with Crippen LogP contribution in [0.5, 0.6) is 0 Å². The van der Waals surface area contributed by atoms with Crippen molar-refractivity contribution in [1.29, 1.82) is 0 Å². The zero-order valence-corrected chi connectivity index (χ0v) is 12.9. The van der Waals surface area contributed by atoms with Crippen molar-refractivity contribution in [2.24, 2.45) is 7.05 Å². The van der Waals surface area contributed by atoms with Gasteiger partial charge in [-0.25, -0.2) is 0 Å². The molecule has 2 rings (SSSR count). The van der Waals surface area contributed by atoms with E-state index < -0.39 is 12.2 Å². The van der Waals surface area contributed by atoms with Gasteiger partial charge in [-0.15, -0.1) is 0 Å². The molecule has 0 bridgehead atoms. The van der Waals surface area contributed by atoms with E-state index in [2.05, 4.69) is 5.10 Å². The predicted molar refractivity (Wildman–Crippen MR) is 79.5 cm³/mol. The van der Waals surface area contributed by atoms with Crippen molar-refractivity contribution in [3.8, 4) is 0 Å². The zero-order chi connectivity index (χ0) is 15.7. The van der Waals surface area contributed by atoms with E-state index >= 15 is 0 Å². The van der Waals surface area contributed by atoms with Gasteiger partial charge in [0.05, 0.1) is 17.8 Å². The summed E-state index contributed by atoms with van der Waals surface area (Å²) in [5, 5.41) is 23.7. The summed E-state index contributed by atoms with van der Waals surface area (Å²) in [6.07, 6.45) is 2.78. The molecule has 2 N–H and O–H groups in total. The van der Waals surface area contributed by atoms with Crippen LogP contribution in [0.15, 0.2) is 6.08 Å². The van der Waals surface area contributed by atoms with E-state index in [4.69, 9.17) is 0 Å². The molecule has 0 saturated heterocycles. The summed E-state index contributed by atoms with van der Waals surface area (Å²) < 4.78 is 1.78. The van der Waals surface area contributed by atoms with Crippen LogP contribution in [0, 0.1) is 13.8 Å². The minimum absolute atomic E-state index is 0.184. The van der Waals surface area contributed by atoms with Crippen LogP contribution in [0.3, 0.4) is 0 Å². The molecule has 0 unspecified atom stereocenters. The number of amides is 1. The maximum atomic E-state index is 12.2. The van der Waals surface area contributed by atoms with Gasteiger partial charge >= 0.3 is 0 Å². The molecule has 0 spiro atoms. The number of nitrogens with zero attached hydrogens (tertiary/aromatic N) is 3. The molecule has 1 amide bonds. The number of rotatable bonds is 3. The first-order chi connectivity index (χ1) is 9.82. The fourth-order valence-electron chi connectivity index (χ4n) is 2.83. The molecule has 116 valence electrons. The van der Waals surface area contributed by atoms with Gasteiger partial charge < -0.3 is 15.1 Å². The van der Waals surface area contributed by atoms with Crippen LogP contribution in [-0.4, -0.2) is 56.1 Å². The van der Waals surface area contributed by atoms with Crippen LogP contribution < -0.4 is 0 Å². The van der Waals surface area contributed by atoms with Gasteiger partial charge in [0.15, 0.2) is 0 Å². The molecule has 1 aliphatic rings. The van der Waals surface area contributed by atoms with Crippen LogP contribution in [0.2, 0.25) is 0 Å². The monoisotopic (exact) mass is 293 g/mol. The number of likely N-dealkylation sites (N-methyl/N-ethyl adjacent to an activating group) is 1. The van der Waals surface area contributed by atoms with Crippen molar-refractivity contribution >= 4 is 12.0 Å². The van der Waals surface area contributed by atoms with Crippen LogP contribution >= 0.6 is 0 Å². The molecule has 0 radical (unpaired) electrons. The van der Waals surface area contributed by atoms with Gasteiger partial charge in [-0.3, -0.25) is 9.48 Å². The van der Waals surface area contributed by atoms with Crippen LogP contribution in [0.1, 0.15) is 29.8 Å². The first-order valence-corrected chi connectivity index (χ1v) is 7.14. The minimum atomic E-state index is -0.866. The Morgan fingerprint density at radius 1 is 1.38 bits per heavy atom. The third kappa shape index (κ3) is 3.01. The third-order valence-corrected chi connectivity index (χ3v) is 4.35. The molecule has 1 heterocycles. The SMILES string of the molecule is Cc1nn(C)c(C)c1/C=C/C(=O)N(C)[C@@H]1CC[C@@H](O)[C@@H]1O.